The summed E-state index contributed by atoms with van der Waals surface area (Å²) in [5.74, 6) is -0.170. The molecule has 0 aliphatic heterocycles. The summed E-state index contributed by atoms with van der Waals surface area (Å²) >= 11 is 3.07. The van der Waals surface area contributed by atoms with Crippen molar-refractivity contribution in [3.8, 4) is 0 Å². The average Bonchev–Trinajstić information content (AvgIpc) is 2.30. The van der Waals surface area contributed by atoms with E-state index < -0.39 is 22.6 Å². The molecule has 1 aromatic heterocycles. The fourth-order valence-electron chi connectivity index (χ4n) is 1.38. The van der Waals surface area contributed by atoms with E-state index in [1.54, 1.807) is 0 Å². The number of hydrogen-bond donors (Lipinski definition) is 2. The van der Waals surface area contributed by atoms with E-state index in [0.29, 0.717) is 4.47 Å². The second kappa shape index (κ2) is 6.72. The van der Waals surface area contributed by atoms with Crippen molar-refractivity contribution < 1.29 is 21.6 Å². The van der Waals surface area contributed by atoms with E-state index >= 15 is 0 Å². The van der Waals surface area contributed by atoms with Crippen LogP contribution in [0.2, 0.25) is 0 Å². The minimum Gasteiger partial charge on any atom is -0.383 e. The predicted molar refractivity (Wildman–Crippen MR) is 71.4 cm³/mol. The van der Waals surface area contributed by atoms with Crippen LogP contribution in [0.25, 0.3) is 0 Å². The van der Waals surface area contributed by atoms with Gasteiger partial charge in [-0.25, -0.2) is 18.1 Å². The average molecular weight is 376 g/mol. The van der Waals surface area contributed by atoms with Gasteiger partial charge in [0.2, 0.25) is 10.0 Å². The molecular weight excluding hydrogens is 363 g/mol. The number of nitrogen functional groups attached to an aromatic ring is 1. The Balaban J connectivity index is 2.56. The number of hydrogen-bond acceptors (Lipinski definition) is 4. The van der Waals surface area contributed by atoms with Gasteiger partial charge in [0.1, 0.15) is 10.7 Å². The number of rotatable bonds is 6. The largest absolute Gasteiger partial charge is 0.389 e. The molecule has 0 amide bonds. The molecular formula is C10H13BrF3N3O2S. The molecule has 20 heavy (non-hydrogen) atoms. The van der Waals surface area contributed by atoms with Crippen molar-refractivity contribution in [3.63, 3.8) is 0 Å². The van der Waals surface area contributed by atoms with Gasteiger partial charge in [0.25, 0.3) is 0 Å². The molecule has 0 saturated carbocycles. The summed E-state index contributed by atoms with van der Waals surface area (Å²) in [7, 11) is -3.88. The molecule has 0 fully saturated rings. The Morgan fingerprint density at radius 1 is 1.35 bits per heavy atom. The second-order valence-corrected chi connectivity index (χ2v) is 6.66. The molecule has 0 bridgehead atoms. The molecule has 0 saturated heterocycles. The first-order chi connectivity index (χ1) is 9.12. The van der Waals surface area contributed by atoms with Crippen LogP contribution >= 0.6 is 15.9 Å². The van der Waals surface area contributed by atoms with Crippen LogP contribution < -0.4 is 10.5 Å². The van der Waals surface area contributed by atoms with Gasteiger partial charge in [-0.05, 0) is 34.8 Å². The minimum absolute atomic E-state index is 0.0834. The van der Waals surface area contributed by atoms with Crippen molar-refractivity contribution in [3.05, 3.63) is 16.7 Å². The van der Waals surface area contributed by atoms with Crippen LogP contribution in [0, 0.1) is 0 Å². The molecule has 5 nitrogen and oxygen atoms in total. The minimum atomic E-state index is -4.22. The third-order valence-corrected chi connectivity index (χ3v) is 4.24. The van der Waals surface area contributed by atoms with Gasteiger partial charge in [0.05, 0.1) is 0 Å². The summed E-state index contributed by atoms with van der Waals surface area (Å²) in [6.45, 7) is -0.0929. The second-order valence-electron chi connectivity index (χ2n) is 4.01. The number of anilines is 1. The van der Waals surface area contributed by atoms with Crippen molar-refractivity contribution in [2.24, 2.45) is 0 Å². The van der Waals surface area contributed by atoms with Gasteiger partial charge < -0.3 is 5.73 Å². The van der Waals surface area contributed by atoms with E-state index in [1.807, 2.05) is 0 Å². The highest BCUT2D eigenvalue weighted by Gasteiger charge is 2.26. The van der Waals surface area contributed by atoms with Crippen LogP contribution in [-0.2, 0) is 10.0 Å². The number of alkyl halides is 3. The number of unbranched alkanes of at least 4 members (excludes halogenated alkanes) is 1. The lowest BCUT2D eigenvalue weighted by molar-refractivity contribution is -0.135. The molecule has 0 unspecified atom stereocenters. The zero-order valence-electron chi connectivity index (χ0n) is 10.2. The van der Waals surface area contributed by atoms with Gasteiger partial charge >= 0.3 is 6.18 Å². The molecule has 0 aliphatic rings. The quantitative estimate of drug-likeness (QED) is 0.747. The zero-order chi connectivity index (χ0) is 15.4. The van der Waals surface area contributed by atoms with Crippen LogP contribution in [0.15, 0.2) is 21.6 Å². The number of nitrogens with one attached hydrogen (secondary N) is 1. The summed E-state index contributed by atoms with van der Waals surface area (Å²) in [6, 6.07) is 1.28. The number of nitrogens with zero attached hydrogens (tertiary/aromatic N) is 1. The first kappa shape index (κ1) is 17.2. The maximum absolute atomic E-state index is 11.9. The zero-order valence-corrected chi connectivity index (χ0v) is 12.6. The third-order valence-electron chi connectivity index (χ3n) is 2.32. The van der Waals surface area contributed by atoms with Gasteiger partial charge in [-0.3, -0.25) is 0 Å². The Labute approximate surface area is 122 Å². The van der Waals surface area contributed by atoms with Crippen molar-refractivity contribution >= 4 is 31.8 Å². The van der Waals surface area contributed by atoms with Gasteiger partial charge in [0, 0.05) is 23.6 Å². The van der Waals surface area contributed by atoms with E-state index in [9.17, 15) is 21.6 Å². The molecule has 1 rings (SSSR count). The fourth-order valence-corrected chi connectivity index (χ4v) is 3.04. The molecule has 0 aromatic carbocycles. The molecule has 0 radical (unpaired) electrons. The molecule has 3 N–H and O–H groups in total. The summed E-state index contributed by atoms with van der Waals surface area (Å²) in [5, 5.41) is 0. The lowest BCUT2D eigenvalue weighted by Crippen LogP contribution is -2.26. The topological polar surface area (TPSA) is 85.1 Å². The number of halogens is 4. The Morgan fingerprint density at radius 2 is 2.00 bits per heavy atom. The molecule has 114 valence electrons. The van der Waals surface area contributed by atoms with Crippen LogP contribution in [0.3, 0.4) is 0 Å². The molecule has 10 heteroatoms. The molecule has 0 spiro atoms. The van der Waals surface area contributed by atoms with Gasteiger partial charge in [-0.1, -0.05) is 0 Å². The summed E-state index contributed by atoms with van der Waals surface area (Å²) in [6.07, 6.45) is -3.87. The van der Waals surface area contributed by atoms with Crippen LogP contribution in [-0.4, -0.2) is 26.1 Å². The molecule has 1 heterocycles. The van der Waals surface area contributed by atoms with Crippen LogP contribution in [0.5, 0.6) is 0 Å². The van der Waals surface area contributed by atoms with E-state index in [4.69, 9.17) is 5.73 Å². The number of aromatic nitrogens is 1. The first-order valence-electron chi connectivity index (χ1n) is 5.59. The highest BCUT2D eigenvalue weighted by molar-refractivity contribution is 9.10. The van der Waals surface area contributed by atoms with Crippen molar-refractivity contribution in [2.75, 3.05) is 12.3 Å². The number of nitrogens with two attached hydrogens (primary N) is 1. The van der Waals surface area contributed by atoms with Gasteiger partial charge in [-0.2, -0.15) is 13.2 Å². The van der Waals surface area contributed by atoms with E-state index in [-0.39, 0.29) is 30.1 Å². The van der Waals surface area contributed by atoms with Gasteiger partial charge in [0.15, 0.2) is 0 Å². The van der Waals surface area contributed by atoms with E-state index in [0.717, 1.165) is 0 Å². The molecule has 0 aliphatic carbocycles. The Morgan fingerprint density at radius 3 is 2.60 bits per heavy atom. The number of sulfonamides is 1. The lowest BCUT2D eigenvalue weighted by Gasteiger charge is -2.09. The highest BCUT2D eigenvalue weighted by Crippen LogP contribution is 2.22. The first-order valence-corrected chi connectivity index (χ1v) is 7.87. The highest BCUT2D eigenvalue weighted by atomic mass is 79.9. The normalized spacial score (nSPS) is 12.6. The maximum atomic E-state index is 11.9. The standard InChI is InChI=1S/C10H13BrF3N3O2S/c11-7-5-8(9(15)16-6-7)20(18,19)17-4-2-1-3-10(12,13)14/h5-6,17H,1-4H2,(H2,15,16). The maximum Gasteiger partial charge on any atom is 0.389 e. The Bertz CT molecular complexity index is 563. The van der Waals surface area contributed by atoms with Crippen LogP contribution in [0.1, 0.15) is 19.3 Å². The van der Waals surface area contributed by atoms with Crippen LogP contribution in [0.4, 0.5) is 19.0 Å². The van der Waals surface area contributed by atoms with Crippen molar-refractivity contribution in [1.29, 1.82) is 0 Å². The number of pyridine rings is 1. The van der Waals surface area contributed by atoms with Gasteiger partial charge in [-0.15, -0.1) is 0 Å². The van der Waals surface area contributed by atoms with E-state index in [2.05, 4.69) is 25.6 Å². The molecule has 0 atom stereocenters. The van der Waals surface area contributed by atoms with E-state index in [1.165, 1.54) is 12.3 Å². The SMILES string of the molecule is Nc1ncc(Br)cc1S(=O)(=O)NCCCCC(F)(F)F. The monoisotopic (exact) mass is 375 g/mol. The smallest absolute Gasteiger partial charge is 0.383 e. The Hall–Kier alpha value is -0.870. The summed E-state index contributed by atoms with van der Waals surface area (Å²) in [5.41, 5.74) is 5.46. The predicted octanol–water partition coefficient (Wildman–Crippen LogP) is 2.44. The molecule has 1 aromatic rings. The third kappa shape index (κ3) is 5.63. The van der Waals surface area contributed by atoms with Crippen molar-refractivity contribution in [2.45, 2.75) is 30.3 Å². The lowest BCUT2D eigenvalue weighted by atomic mass is 10.2. The summed E-state index contributed by atoms with van der Waals surface area (Å²) < 4.78 is 62.1. The van der Waals surface area contributed by atoms with Crippen molar-refractivity contribution in [1.82, 2.24) is 9.71 Å². The Kier molecular flexibility index (Phi) is 5.78. The fraction of sp³-hybridized carbons (Fsp3) is 0.500. The summed E-state index contributed by atoms with van der Waals surface area (Å²) in [4.78, 5) is 3.48.